The summed E-state index contributed by atoms with van der Waals surface area (Å²) in [4.78, 5) is 26.8. The molecule has 0 aliphatic heterocycles. The van der Waals surface area contributed by atoms with E-state index < -0.39 is 0 Å². The van der Waals surface area contributed by atoms with Gasteiger partial charge in [0, 0.05) is 36.2 Å². The highest BCUT2D eigenvalue weighted by molar-refractivity contribution is 5.92. The first-order valence-electron chi connectivity index (χ1n) is 20.7. The minimum absolute atomic E-state index is 0.108. The molecule has 5 N–H and O–H groups in total. The summed E-state index contributed by atoms with van der Waals surface area (Å²) in [6, 6.07) is 19.3. The first kappa shape index (κ1) is 45.9. The lowest BCUT2D eigenvalue weighted by Gasteiger charge is -2.28. The van der Waals surface area contributed by atoms with E-state index in [0.29, 0.717) is 47.7 Å². The smallest absolute Gasteiger partial charge is 0.224 e. The van der Waals surface area contributed by atoms with Crippen molar-refractivity contribution in [1.29, 1.82) is 0 Å². The summed E-state index contributed by atoms with van der Waals surface area (Å²) in [5.41, 5.74) is 8.17. The van der Waals surface area contributed by atoms with Crippen molar-refractivity contribution in [1.82, 2.24) is 0 Å². The molecule has 0 saturated carbocycles. The van der Waals surface area contributed by atoms with E-state index >= 15 is 0 Å². The van der Waals surface area contributed by atoms with E-state index in [1.54, 1.807) is 18.2 Å². The van der Waals surface area contributed by atoms with Gasteiger partial charge in [-0.2, -0.15) is 0 Å². The molecule has 0 saturated heterocycles. The topological polar surface area (TPSA) is 119 Å². The molecule has 314 valence electrons. The van der Waals surface area contributed by atoms with Crippen molar-refractivity contribution in [3.05, 3.63) is 111 Å². The van der Waals surface area contributed by atoms with Crippen molar-refractivity contribution in [2.45, 2.75) is 163 Å². The maximum absolute atomic E-state index is 13.5. The first-order valence-corrected chi connectivity index (χ1v) is 20.7. The number of phenols is 3. The Morgan fingerprint density at radius 3 is 1.24 bits per heavy atom. The molecule has 7 nitrogen and oxygen atoms in total. The fraction of sp³-hybridized carbons (Fsp3) is 0.490. The SMILES string of the molecule is CC(C)(C)c1cc(Cc2cc(NC(=O)CCc3cc(C(C)(C)C)c(O)c(C(C)(C)C)c3)ccc2O)cc(NC(=O)CCc2cc(C(C)(C)C)c(O)c(C(C)(C)C)c2)c1. The number of hydrogen-bond donors (Lipinski definition) is 5. The highest BCUT2D eigenvalue weighted by Crippen LogP contribution is 2.41. The Morgan fingerprint density at radius 1 is 0.466 bits per heavy atom. The largest absolute Gasteiger partial charge is 0.508 e. The van der Waals surface area contributed by atoms with Crippen LogP contribution in [0.3, 0.4) is 0 Å². The minimum Gasteiger partial charge on any atom is -0.508 e. The molecule has 0 fully saturated rings. The maximum atomic E-state index is 13.5. The summed E-state index contributed by atoms with van der Waals surface area (Å²) in [5.74, 6) is 0.520. The predicted molar refractivity (Wildman–Crippen MR) is 241 cm³/mol. The summed E-state index contributed by atoms with van der Waals surface area (Å²) in [5, 5.41) is 39.4. The van der Waals surface area contributed by atoms with Gasteiger partial charge in [0.2, 0.25) is 11.8 Å². The number of anilines is 2. The summed E-state index contributed by atoms with van der Waals surface area (Å²) >= 11 is 0. The highest BCUT2D eigenvalue weighted by atomic mass is 16.3. The van der Waals surface area contributed by atoms with Crippen LogP contribution in [0.1, 0.15) is 167 Å². The van der Waals surface area contributed by atoms with Crippen molar-refractivity contribution in [2.75, 3.05) is 10.6 Å². The zero-order valence-electron chi connectivity index (χ0n) is 38.0. The Bertz CT molecular complexity index is 2070. The number of aryl methyl sites for hydroxylation is 2. The van der Waals surface area contributed by atoms with Gasteiger partial charge in [-0.05, 0) is 115 Å². The van der Waals surface area contributed by atoms with E-state index in [2.05, 4.69) is 121 Å². The third-order valence-corrected chi connectivity index (χ3v) is 10.8. The monoisotopic (exact) mass is 791 g/mol. The van der Waals surface area contributed by atoms with Crippen LogP contribution in [0, 0.1) is 0 Å². The molecule has 0 atom stereocenters. The van der Waals surface area contributed by atoms with Crippen LogP contribution in [0.5, 0.6) is 17.2 Å². The van der Waals surface area contributed by atoms with Gasteiger partial charge in [0.1, 0.15) is 17.2 Å². The third kappa shape index (κ3) is 11.9. The zero-order chi connectivity index (χ0) is 43.8. The second kappa shape index (κ2) is 16.8. The van der Waals surface area contributed by atoms with Gasteiger partial charge in [-0.15, -0.1) is 0 Å². The van der Waals surface area contributed by atoms with E-state index in [0.717, 1.165) is 44.5 Å². The molecular weight excluding hydrogens is 721 g/mol. The third-order valence-electron chi connectivity index (χ3n) is 10.8. The molecule has 58 heavy (non-hydrogen) atoms. The molecule has 4 rings (SSSR count). The van der Waals surface area contributed by atoms with Gasteiger partial charge in [-0.1, -0.05) is 134 Å². The van der Waals surface area contributed by atoms with Gasteiger partial charge in [0.15, 0.2) is 0 Å². The molecule has 4 aromatic carbocycles. The van der Waals surface area contributed by atoms with Crippen LogP contribution in [0.25, 0.3) is 0 Å². The fourth-order valence-corrected chi connectivity index (χ4v) is 7.25. The molecule has 0 heterocycles. The number of aromatic hydroxyl groups is 3. The van der Waals surface area contributed by atoms with Crippen molar-refractivity contribution < 1.29 is 24.9 Å². The van der Waals surface area contributed by atoms with Crippen LogP contribution in [-0.4, -0.2) is 27.1 Å². The molecule has 2 amide bonds. The van der Waals surface area contributed by atoms with E-state index in [1.807, 2.05) is 36.4 Å². The summed E-state index contributed by atoms with van der Waals surface area (Å²) in [7, 11) is 0. The summed E-state index contributed by atoms with van der Waals surface area (Å²) in [6.07, 6.45) is 1.97. The van der Waals surface area contributed by atoms with E-state index in [1.165, 1.54) is 0 Å². The van der Waals surface area contributed by atoms with Gasteiger partial charge in [0.25, 0.3) is 0 Å². The van der Waals surface area contributed by atoms with Gasteiger partial charge in [-0.25, -0.2) is 0 Å². The molecular formula is C51H70N2O5. The number of nitrogens with one attached hydrogen (secondary N) is 2. The first-order chi connectivity index (χ1) is 26.4. The number of phenolic OH excluding ortho intramolecular Hbond substituents is 3. The molecule has 0 aliphatic carbocycles. The Labute approximate surface area is 348 Å². The maximum Gasteiger partial charge on any atom is 0.224 e. The average molecular weight is 791 g/mol. The fourth-order valence-electron chi connectivity index (χ4n) is 7.25. The average Bonchev–Trinajstić information content (AvgIpc) is 3.06. The molecule has 0 radical (unpaired) electrons. The van der Waals surface area contributed by atoms with Crippen molar-refractivity contribution >= 4 is 23.2 Å². The van der Waals surface area contributed by atoms with E-state index in [4.69, 9.17) is 0 Å². The number of hydrogen-bond acceptors (Lipinski definition) is 5. The molecule has 0 bridgehead atoms. The van der Waals surface area contributed by atoms with Crippen molar-refractivity contribution in [2.24, 2.45) is 0 Å². The van der Waals surface area contributed by atoms with Gasteiger partial charge < -0.3 is 26.0 Å². The summed E-state index contributed by atoms with van der Waals surface area (Å²) < 4.78 is 0. The molecule has 7 heteroatoms. The quantitative estimate of drug-likeness (QED) is 0.103. The lowest BCUT2D eigenvalue weighted by Crippen LogP contribution is -2.19. The number of amides is 2. The Balaban J connectivity index is 1.51. The van der Waals surface area contributed by atoms with Gasteiger partial charge in [-0.3, -0.25) is 9.59 Å². The number of benzene rings is 4. The molecule has 0 spiro atoms. The minimum atomic E-state index is -0.258. The Hall–Kier alpha value is -4.78. The number of carbonyl (C=O) groups is 2. The van der Waals surface area contributed by atoms with Crippen LogP contribution in [0.4, 0.5) is 11.4 Å². The van der Waals surface area contributed by atoms with Crippen LogP contribution in [0.15, 0.2) is 60.7 Å². The second-order valence-corrected chi connectivity index (χ2v) is 21.4. The normalized spacial score (nSPS) is 12.7. The standard InChI is InChI=1S/C51H70N2O5/c1-47(2,3)35-23-33(24-37(30-35)53-44(56)21-17-32-27-40(50(10,11)12)46(58)41(28-32)51(13,14)15)22-34-29-36(18-19-42(34)54)52-43(55)20-16-31-25-38(48(4,5)6)45(57)39(26-31)49(7,8)9/h18-19,23-30,54,57-58H,16-17,20-22H2,1-15H3,(H,52,55)(H,53,56). The van der Waals surface area contributed by atoms with Crippen LogP contribution in [-0.2, 0) is 55.9 Å². The second-order valence-electron chi connectivity index (χ2n) is 21.4. The Morgan fingerprint density at radius 2 is 0.862 bits per heavy atom. The van der Waals surface area contributed by atoms with Crippen LogP contribution < -0.4 is 10.6 Å². The number of rotatable bonds is 10. The van der Waals surface area contributed by atoms with Crippen molar-refractivity contribution in [3.8, 4) is 17.2 Å². The van der Waals surface area contributed by atoms with Gasteiger partial charge >= 0.3 is 0 Å². The van der Waals surface area contributed by atoms with E-state index in [-0.39, 0.29) is 57.5 Å². The predicted octanol–water partition coefficient (Wildman–Crippen LogP) is 12.0. The molecule has 0 aliphatic rings. The zero-order valence-corrected chi connectivity index (χ0v) is 38.0. The molecule has 0 aromatic heterocycles. The summed E-state index contributed by atoms with van der Waals surface area (Å²) in [6.45, 7) is 31.4. The lowest BCUT2D eigenvalue weighted by atomic mass is 9.78. The van der Waals surface area contributed by atoms with Crippen LogP contribution >= 0.6 is 0 Å². The lowest BCUT2D eigenvalue weighted by molar-refractivity contribution is -0.117. The molecule has 4 aromatic rings. The van der Waals surface area contributed by atoms with Gasteiger partial charge in [0.05, 0.1) is 0 Å². The van der Waals surface area contributed by atoms with Crippen LogP contribution in [0.2, 0.25) is 0 Å². The Kier molecular flexibility index (Phi) is 13.3. The number of carbonyl (C=O) groups excluding carboxylic acids is 2. The van der Waals surface area contributed by atoms with Crippen molar-refractivity contribution in [3.63, 3.8) is 0 Å². The highest BCUT2D eigenvalue weighted by Gasteiger charge is 2.28. The van der Waals surface area contributed by atoms with E-state index in [9.17, 15) is 24.9 Å². The molecule has 0 unspecified atom stereocenters.